The van der Waals surface area contributed by atoms with Gasteiger partial charge in [-0.05, 0) is 24.0 Å². The zero-order valence-electron chi connectivity index (χ0n) is 13.4. The monoisotopic (exact) mass is 313 g/mol. The van der Waals surface area contributed by atoms with Crippen molar-refractivity contribution >= 4 is 5.91 Å². The Hall–Kier alpha value is -2.14. The van der Waals surface area contributed by atoms with E-state index in [4.69, 9.17) is 0 Å². The van der Waals surface area contributed by atoms with Crippen LogP contribution in [0.5, 0.6) is 0 Å². The summed E-state index contributed by atoms with van der Waals surface area (Å²) in [5.41, 5.74) is 2.19. The molecule has 1 aliphatic rings. The molecule has 0 fully saturated rings. The first-order valence-corrected chi connectivity index (χ1v) is 8.21. The molecule has 2 unspecified atom stereocenters. The van der Waals surface area contributed by atoms with Gasteiger partial charge in [0.05, 0.1) is 12.6 Å². The molecule has 0 aliphatic carbocycles. The quantitative estimate of drug-likeness (QED) is 0.885. The number of fused-ring (bicyclic) bond motifs is 1. The highest BCUT2D eigenvalue weighted by Crippen LogP contribution is 2.21. The molecule has 2 atom stereocenters. The molecule has 0 radical (unpaired) electrons. The van der Waals surface area contributed by atoms with Gasteiger partial charge in [0.2, 0.25) is 5.91 Å². The molecule has 0 bridgehead atoms. The summed E-state index contributed by atoms with van der Waals surface area (Å²) in [5, 5.41) is 12.6. The van der Waals surface area contributed by atoms with E-state index < -0.39 is 0 Å². The number of imidazole rings is 1. The second kappa shape index (κ2) is 6.96. The van der Waals surface area contributed by atoms with E-state index in [9.17, 15) is 9.90 Å². The van der Waals surface area contributed by atoms with Crippen molar-refractivity contribution in [2.24, 2.45) is 5.92 Å². The summed E-state index contributed by atoms with van der Waals surface area (Å²) >= 11 is 0. The Balaban J connectivity index is 1.65. The third kappa shape index (κ3) is 3.45. The number of rotatable bonds is 5. The van der Waals surface area contributed by atoms with Crippen LogP contribution in [-0.2, 0) is 24.2 Å². The molecule has 3 rings (SSSR count). The number of aliphatic hydroxyl groups excluding tert-OH is 1. The fraction of sp³-hybridized carbons (Fsp3) is 0.444. The number of aromatic nitrogens is 2. The Bertz CT molecular complexity index is 663. The summed E-state index contributed by atoms with van der Waals surface area (Å²) in [7, 11) is 0. The van der Waals surface area contributed by atoms with Gasteiger partial charge in [-0.1, -0.05) is 31.2 Å². The Morgan fingerprint density at radius 1 is 1.43 bits per heavy atom. The first-order chi connectivity index (χ1) is 11.2. The van der Waals surface area contributed by atoms with Gasteiger partial charge in [-0.15, -0.1) is 0 Å². The van der Waals surface area contributed by atoms with Gasteiger partial charge in [-0.2, -0.15) is 0 Å². The lowest BCUT2D eigenvalue weighted by atomic mass is 9.95. The Kier molecular flexibility index (Phi) is 4.76. The SMILES string of the molecule is CCc1ccc(C(CO)NC(=O)C2CCn3ccnc3C2)cc1. The van der Waals surface area contributed by atoms with E-state index in [0.717, 1.165) is 30.8 Å². The van der Waals surface area contributed by atoms with Crippen LogP contribution in [0.2, 0.25) is 0 Å². The van der Waals surface area contributed by atoms with Crippen LogP contribution in [0, 0.1) is 5.92 Å². The van der Waals surface area contributed by atoms with Gasteiger partial charge in [0.15, 0.2) is 0 Å². The molecular weight excluding hydrogens is 290 g/mol. The molecule has 23 heavy (non-hydrogen) atoms. The fourth-order valence-corrected chi connectivity index (χ4v) is 3.08. The maximum Gasteiger partial charge on any atom is 0.224 e. The average molecular weight is 313 g/mol. The molecule has 0 saturated heterocycles. The number of amides is 1. The lowest BCUT2D eigenvalue weighted by Gasteiger charge is -2.25. The third-order valence-corrected chi connectivity index (χ3v) is 4.61. The lowest BCUT2D eigenvalue weighted by Crippen LogP contribution is -2.38. The molecule has 1 amide bonds. The molecule has 1 aromatic carbocycles. The second-order valence-electron chi connectivity index (χ2n) is 6.07. The lowest BCUT2D eigenvalue weighted by molar-refractivity contribution is -0.126. The first-order valence-electron chi connectivity index (χ1n) is 8.21. The molecule has 2 aromatic rings. The topological polar surface area (TPSA) is 67.2 Å². The van der Waals surface area contributed by atoms with Gasteiger partial charge in [-0.3, -0.25) is 4.79 Å². The van der Waals surface area contributed by atoms with Gasteiger partial charge in [-0.25, -0.2) is 4.98 Å². The van der Waals surface area contributed by atoms with Gasteiger partial charge in [0, 0.05) is 31.3 Å². The van der Waals surface area contributed by atoms with Crippen LogP contribution < -0.4 is 5.32 Å². The highest BCUT2D eigenvalue weighted by atomic mass is 16.3. The highest BCUT2D eigenvalue weighted by molar-refractivity contribution is 5.79. The Labute approximate surface area is 136 Å². The highest BCUT2D eigenvalue weighted by Gasteiger charge is 2.27. The van der Waals surface area contributed by atoms with Crippen molar-refractivity contribution in [3.8, 4) is 0 Å². The summed E-state index contributed by atoms with van der Waals surface area (Å²) in [4.78, 5) is 16.8. The number of aryl methyl sites for hydroxylation is 2. The van der Waals surface area contributed by atoms with Gasteiger partial charge in [0.25, 0.3) is 0 Å². The largest absolute Gasteiger partial charge is 0.394 e. The predicted octanol–water partition coefficient (Wildman–Crippen LogP) is 1.86. The fourth-order valence-electron chi connectivity index (χ4n) is 3.08. The van der Waals surface area contributed by atoms with E-state index >= 15 is 0 Å². The van der Waals surface area contributed by atoms with Gasteiger partial charge in [0.1, 0.15) is 5.82 Å². The van der Waals surface area contributed by atoms with E-state index in [0.29, 0.717) is 6.42 Å². The summed E-state index contributed by atoms with van der Waals surface area (Å²) < 4.78 is 2.09. The second-order valence-corrected chi connectivity index (χ2v) is 6.07. The molecular formula is C18H23N3O2. The van der Waals surface area contributed by atoms with E-state index in [1.807, 2.05) is 30.5 Å². The van der Waals surface area contributed by atoms with Crippen molar-refractivity contribution in [3.63, 3.8) is 0 Å². The van der Waals surface area contributed by atoms with Crippen LogP contribution in [0.1, 0.15) is 36.3 Å². The minimum atomic E-state index is -0.352. The zero-order chi connectivity index (χ0) is 16.2. The van der Waals surface area contributed by atoms with Crippen LogP contribution in [0.25, 0.3) is 0 Å². The smallest absolute Gasteiger partial charge is 0.224 e. The number of carbonyl (C=O) groups is 1. The normalized spacial score (nSPS) is 18.3. The molecule has 0 spiro atoms. The summed E-state index contributed by atoms with van der Waals surface area (Å²) in [5.74, 6) is 0.885. The molecule has 5 nitrogen and oxygen atoms in total. The number of benzene rings is 1. The number of carbonyl (C=O) groups excluding carboxylic acids is 1. The predicted molar refractivity (Wildman–Crippen MR) is 87.8 cm³/mol. The standard InChI is InChI=1S/C18H23N3O2/c1-2-13-3-5-14(6-4-13)16(12-22)20-18(23)15-7-9-21-10-8-19-17(21)11-15/h3-6,8,10,15-16,22H,2,7,9,11-12H2,1H3,(H,20,23). The van der Waals surface area contributed by atoms with Crippen LogP contribution in [-0.4, -0.2) is 27.2 Å². The average Bonchev–Trinajstić information content (AvgIpc) is 3.07. The summed E-state index contributed by atoms with van der Waals surface area (Å²) in [6.45, 7) is 2.83. The molecule has 2 heterocycles. The van der Waals surface area contributed by atoms with Crippen LogP contribution in [0.15, 0.2) is 36.7 Å². The molecule has 122 valence electrons. The van der Waals surface area contributed by atoms with Crippen molar-refractivity contribution < 1.29 is 9.90 Å². The van der Waals surface area contributed by atoms with Gasteiger partial charge < -0.3 is 15.0 Å². The number of hydrogen-bond acceptors (Lipinski definition) is 3. The minimum Gasteiger partial charge on any atom is -0.394 e. The number of nitrogens with one attached hydrogen (secondary N) is 1. The number of hydrogen-bond donors (Lipinski definition) is 2. The van der Waals surface area contributed by atoms with Gasteiger partial charge >= 0.3 is 0 Å². The Morgan fingerprint density at radius 2 is 2.22 bits per heavy atom. The van der Waals surface area contributed by atoms with Crippen molar-refractivity contribution in [2.45, 2.75) is 38.8 Å². The third-order valence-electron chi connectivity index (χ3n) is 4.61. The summed E-state index contributed by atoms with van der Waals surface area (Å²) in [6, 6.07) is 7.69. The van der Waals surface area contributed by atoms with Crippen molar-refractivity contribution in [1.82, 2.24) is 14.9 Å². The van der Waals surface area contributed by atoms with Crippen LogP contribution in [0.3, 0.4) is 0 Å². The van der Waals surface area contributed by atoms with Crippen LogP contribution >= 0.6 is 0 Å². The van der Waals surface area contributed by atoms with Crippen LogP contribution in [0.4, 0.5) is 0 Å². The van der Waals surface area contributed by atoms with Crippen molar-refractivity contribution in [2.75, 3.05) is 6.61 Å². The molecule has 1 aliphatic heterocycles. The number of nitrogens with zero attached hydrogens (tertiary/aromatic N) is 2. The Morgan fingerprint density at radius 3 is 2.91 bits per heavy atom. The molecule has 1 aromatic heterocycles. The minimum absolute atomic E-state index is 0.00197. The maximum atomic E-state index is 12.5. The molecule has 0 saturated carbocycles. The van der Waals surface area contributed by atoms with E-state index in [2.05, 4.69) is 21.8 Å². The van der Waals surface area contributed by atoms with E-state index in [1.165, 1.54) is 5.56 Å². The number of aliphatic hydroxyl groups is 1. The van der Waals surface area contributed by atoms with Crippen molar-refractivity contribution in [3.05, 3.63) is 53.6 Å². The van der Waals surface area contributed by atoms with E-state index in [1.54, 1.807) is 6.20 Å². The first kappa shape index (κ1) is 15.7. The molecule has 2 N–H and O–H groups in total. The van der Waals surface area contributed by atoms with E-state index in [-0.39, 0.29) is 24.5 Å². The molecule has 5 heteroatoms. The van der Waals surface area contributed by atoms with Crippen molar-refractivity contribution in [1.29, 1.82) is 0 Å². The zero-order valence-corrected chi connectivity index (χ0v) is 13.4. The summed E-state index contributed by atoms with van der Waals surface area (Å²) in [6.07, 6.45) is 6.18. The maximum absolute atomic E-state index is 12.5.